The van der Waals surface area contributed by atoms with Crippen LogP contribution in [-0.2, 0) is 19.9 Å². The summed E-state index contributed by atoms with van der Waals surface area (Å²) in [6.45, 7) is 4.30. The lowest BCUT2D eigenvalue weighted by molar-refractivity contribution is 0.163. The van der Waals surface area contributed by atoms with E-state index in [4.69, 9.17) is 11.6 Å². The molecule has 3 nitrogen and oxygen atoms in total. The van der Waals surface area contributed by atoms with Gasteiger partial charge in [-0.2, -0.15) is 5.10 Å². The molecule has 2 unspecified atom stereocenters. The second kappa shape index (κ2) is 4.62. The van der Waals surface area contributed by atoms with Gasteiger partial charge in [-0.1, -0.05) is 25.4 Å². The van der Waals surface area contributed by atoms with Gasteiger partial charge >= 0.3 is 0 Å². The van der Waals surface area contributed by atoms with Crippen LogP contribution in [0, 0.1) is 5.41 Å². The van der Waals surface area contributed by atoms with Crippen LogP contribution >= 0.6 is 11.6 Å². The molecule has 96 valence electrons. The Labute approximate surface area is 108 Å². The molecule has 1 aliphatic rings. The molecule has 0 amide bonds. The van der Waals surface area contributed by atoms with Crippen LogP contribution in [-0.4, -0.2) is 21.0 Å². The monoisotopic (exact) mass is 256 g/mol. The minimum atomic E-state index is -0.141. The Bertz CT molecular complexity index is 416. The average Bonchev–Trinajstić information content (AvgIpc) is 2.73. The first-order valence-corrected chi connectivity index (χ1v) is 6.71. The van der Waals surface area contributed by atoms with Crippen molar-refractivity contribution in [3.63, 3.8) is 0 Å². The van der Waals surface area contributed by atoms with E-state index in [9.17, 15) is 5.11 Å². The third-order valence-corrected chi connectivity index (χ3v) is 4.34. The number of halogens is 1. The number of rotatable bonds is 3. The lowest BCUT2D eigenvalue weighted by atomic mass is 9.83. The molecule has 0 aromatic carbocycles. The second-order valence-electron chi connectivity index (χ2n) is 5.57. The largest absolute Gasteiger partial charge is 0.393 e. The van der Waals surface area contributed by atoms with Crippen LogP contribution in [0.2, 0.25) is 5.02 Å². The van der Waals surface area contributed by atoms with E-state index < -0.39 is 0 Å². The number of nitrogens with zero attached hydrogens (tertiary/aromatic N) is 2. The molecule has 1 aromatic heterocycles. The van der Waals surface area contributed by atoms with Gasteiger partial charge in [-0.3, -0.25) is 4.68 Å². The van der Waals surface area contributed by atoms with Crippen LogP contribution in [0.5, 0.6) is 0 Å². The highest BCUT2D eigenvalue weighted by atomic mass is 35.5. The van der Waals surface area contributed by atoms with Gasteiger partial charge < -0.3 is 5.11 Å². The summed E-state index contributed by atoms with van der Waals surface area (Å²) in [6.07, 6.45) is 4.48. The molecular formula is C13H21ClN2O. The zero-order valence-electron chi connectivity index (χ0n) is 10.8. The summed E-state index contributed by atoms with van der Waals surface area (Å²) in [4.78, 5) is 0. The van der Waals surface area contributed by atoms with Gasteiger partial charge in [0.15, 0.2) is 0 Å². The number of aromatic nitrogens is 2. The predicted molar refractivity (Wildman–Crippen MR) is 69.3 cm³/mol. The molecule has 1 heterocycles. The summed E-state index contributed by atoms with van der Waals surface area (Å²) in [5, 5.41) is 14.9. The highest BCUT2D eigenvalue weighted by Gasteiger charge is 2.35. The molecule has 1 aromatic rings. The minimum absolute atomic E-state index is 0.141. The summed E-state index contributed by atoms with van der Waals surface area (Å²) < 4.78 is 1.90. The first-order valence-electron chi connectivity index (χ1n) is 6.33. The van der Waals surface area contributed by atoms with Crippen molar-refractivity contribution in [1.82, 2.24) is 9.78 Å². The molecular weight excluding hydrogens is 236 g/mol. The molecule has 0 aliphatic heterocycles. The Morgan fingerprint density at radius 3 is 2.76 bits per heavy atom. The van der Waals surface area contributed by atoms with Crippen LogP contribution < -0.4 is 0 Å². The highest BCUT2D eigenvalue weighted by molar-refractivity contribution is 6.31. The molecule has 2 atom stereocenters. The summed E-state index contributed by atoms with van der Waals surface area (Å²) in [7, 11) is 1.95. The lowest BCUT2D eigenvalue weighted by Crippen LogP contribution is -2.18. The molecule has 0 radical (unpaired) electrons. The van der Waals surface area contributed by atoms with Crippen molar-refractivity contribution in [2.24, 2.45) is 12.5 Å². The van der Waals surface area contributed by atoms with Crippen LogP contribution in [0.25, 0.3) is 0 Å². The van der Waals surface area contributed by atoms with Gasteiger partial charge in [0.1, 0.15) is 0 Å². The molecule has 17 heavy (non-hydrogen) atoms. The van der Waals surface area contributed by atoms with Crippen molar-refractivity contribution in [3.05, 3.63) is 16.4 Å². The van der Waals surface area contributed by atoms with Crippen LogP contribution in [0.4, 0.5) is 0 Å². The van der Waals surface area contributed by atoms with E-state index in [2.05, 4.69) is 18.9 Å². The maximum atomic E-state index is 9.68. The van der Waals surface area contributed by atoms with Crippen molar-refractivity contribution in [1.29, 1.82) is 0 Å². The van der Waals surface area contributed by atoms with Crippen molar-refractivity contribution < 1.29 is 5.11 Å². The fourth-order valence-electron chi connectivity index (χ4n) is 2.86. The van der Waals surface area contributed by atoms with Gasteiger partial charge in [-0.15, -0.1) is 0 Å². The topological polar surface area (TPSA) is 38.0 Å². The molecule has 1 N–H and O–H groups in total. The first-order chi connectivity index (χ1) is 7.95. The van der Waals surface area contributed by atoms with E-state index in [0.29, 0.717) is 0 Å². The van der Waals surface area contributed by atoms with Crippen molar-refractivity contribution in [2.75, 3.05) is 0 Å². The Hall–Kier alpha value is -0.540. The molecule has 1 aliphatic carbocycles. The molecule has 4 heteroatoms. The van der Waals surface area contributed by atoms with Crippen LogP contribution in [0.15, 0.2) is 0 Å². The van der Waals surface area contributed by atoms with Gasteiger partial charge in [0.05, 0.1) is 22.5 Å². The number of aryl methyl sites for hydroxylation is 2. The predicted octanol–water partition coefficient (Wildman–Crippen LogP) is 2.73. The second-order valence-corrected chi connectivity index (χ2v) is 5.95. The number of hydrogen-bond acceptors (Lipinski definition) is 2. The molecule has 1 saturated carbocycles. The molecule has 0 bridgehead atoms. The number of hydrogen-bond donors (Lipinski definition) is 1. The standard InChI is InChI=1S/C13H21ClN2O/c1-4-10-12(14)11(16(3)15-10)8-13(2)6-5-9(17)7-13/h9,17H,4-8H2,1-3H3. The van der Waals surface area contributed by atoms with Gasteiger partial charge in [-0.25, -0.2) is 0 Å². The Kier molecular flexibility index (Phi) is 3.50. The Morgan fingerprint density at radius 2 is 2.29 bits per heavy atom. The van der Waals surface area contributed by atoms with Gasteiger partial charge in [0, 0.05) is 7.05 Å². The third-order valence-electron chi connectivity index (χ3n) is 3.91. The van der Waals surface area contributed by atoms with E-state index in [1.165, 1.54) is 0 Å². The van der Waals surface area contributed by atoms with E-state index >= 15 is 0 Å². The average molecular weight is 257 g/mol. The van der Waals surface area contributed by atoms with Crippen molar-refractivity contribution in [3.8, 4) is 0 Å². The van der Waals surface area contributed by atoms with Crippen molar-refractivity contribution >= 4 is 11.6 Å². The summed E-state index contributed by atoms with van der Waals surface area (Å²) in [6, 6.07) is 0. The SMILES string of the molecule is CCc1nn(C)c(CC2(C)CCC(O)C2)c1Cl. The molecule has 2 rings (SSSR count). The normalized spacial score (nSPS) is 28.9. The smallest absolute Gasteiger partial charge is 0.0849 e. The zero-order valence-corrected chi connectivity index (χ0v) is 11.6. The van der Waals surface area contributed by atoms with E-state index in [1.807, 2.05) is 11.7 Å². The van der Waals surface area contributed by atoms with Crippen LogP contribution in [0.1, 0.15) is 44.5 Å². The number of aliphatic hydroxyl groups excluding tert-OH is 1. The lowest BCUT2D eigenvalue weighted by Gasteiger charge is -2.23. The molecule has 0 spiro atoms. The van der Waals surface area contributed by atoms with Crippen LogP contribution in [0.3, 0.4) is 0 Å². The van der Waals surface area contributed by atoms with Crippen molar-refractivity contribution in [2.45, 2.75) is 52.1 Å². The van der Waals surface area contributed by atoms with E-state index in [0.717, 1.165) is 48.5 Å². The summed E-state index contributed by atoms with van der Waals surface area (Å²) in [5.74, 6) is 0. The summed E-state index contributed by atoms with van der Waals surface area (Å²) in [5.41, 5.74) is 2.26. The first kappa shape index (κ1) is 12.9. The van der Waals surface area contributed by atoms with Gasteiger partial charge in [0.2, 0.25) is 0 Å². The fourth-order valence-corrected chi connectivity index (χ4v) is 3.23. The third kappa shape index (κ3) is 2.50. The zero-order chi connectivity index (χ0) is 12.6. The van der Waals surface area contributed by atoms with E-state index in [1.54, 1.807) is 0 Å². The highest BCUT2D eigenvalue weighted by Crippen LogP contribution is 2.41. The summed E-state index contributed by atoms with van der Waals surface area (Å²) >= 11 is 6.36. The maximum absolute atomic E-state index is 9.68. The molecule has 1 fully saturated rings. The fraction of sp³-hybridized carbons (Fsp3) is 0.769. The Balaban J connectivity index is 2.21. The van der Waals surface area contributed by atoms with Gasteiger partial charge in [0.25, 0.3) is 0 Å². The maximum Gasteiger partial charge on any atom is 0.0849 e. The minimum Gasteiger partial charge on any atom is -0.393 e. The number of aliphatic hydroxyl groups is 1. The quantitative estimate of drug-likeness (QED) is 0.903. The van der Waals surface area contributed by atoms with Gasteiger partial charge in [-0.05, 0) is 37.5 Å². The molecule has 0 saturated heterocycles. The Morgan fingerprint density at radius 1 is 1.59 bits per heavy atom. The van der Waals surface area contributed by atoms with E-state index in [-0.39, 0.29) is 11.5 Å².